The molecule has 2 N–H and O–H groups in total. The summed E-state index contributed by atoms with van der Waals surface area (Å²) in [5.74, 6) is -0.893. The Hall–Kier alpha value is -3.93. The fourth-order valence-corrected chi connectivity index (χ4v) is 3.66. The maximum Gasteiger partial charge on any atom is 0.503 e. The molecule has 0 fully saturated rings. The molecule has 0 unspecified atom stereocenters. The maximum absolute atomic E-state index is 12.9. The molecular formula is C22H18F3N3O5S. The van der Waals surface area contributed by atoms with Gasteiger partial charge in [-0.3, -0.25) is 9.59 Å². The molecule has 0 saturated carbocycles. The number of rotatable bonds is 7. The van der Waals surface area contributed by atoms with Gasteiger partial charge in [0.25, 0.3) is 21.7 Å². The number of anilines is 2. The van der Waals surface area contributed by atoms with Gasteiger partial charge in [0.15, 0.2) is 5.03 Å². The average Bonchev–Trinajstić information content (AvgIpc) is 2.80. The fraction of sp³-hybridized carbons (Fsp3) is 0.136. The maximum atomic E-state index is 12.9. The van der Waals surface area contributed by atoms with E-state index >= 15 is 0 Å². The molecule has 34 heavy (non-hydrogen) atoms. The highest BCUT2D eigenvalue weighted by molar-refractivity contribution is 7.92. The minimum Gasteiger partial charge on any atom is -0.494 e. The van der Waals surface area contributed by atoms with Crippen LogP contribution >= 0.6 is 0 Å². The zero-order valence-corrected chi connectivity index (χ0v) is 18.4. The Morgan fingerprint density at radius 3 is 2.03 bits per heavy atom. The number of hydrogen-bond acceptors (Lipinski definition) is 6. The second-order valence-electron chi connectivity index (χ2n) is 6.75. The number of nitrogens with zero attached hydrogens (tertiary/aromatic N) is 1. The van der Waals surface area contributed by atoms with E-state index in [1.165, 1.54) is 24.3 Å². The summed E-state index contributed by atoms with van der Waals surface area (Å²) < 4.78 is 67.5. The lowest BCUT2D eigenvalue weighted by molar-refractivity contribution is -0.0438. The molecule has 1 heterocycles. The third kappa shape index (κ3) is 5.52. The molecule has 1 aromatic heterocycles. The second kappa shape index (κ2) is 9.91. The van der Waals surface area contributed by atoms with Gasteiger partial charge in [0.2, 0.25) is 0 Å². The van der Waals surface area contributed by atoms with Gasteiger partial charge in [-0.25, -0.2) is 13.4 Å². The number of alkyl halides is 3. The standard InChI is InChI=1S/C22H18F3N3O5S/c1-2-33-17-11-9-16(10-12-17)27-19(29)14-5-7-15(8-6-14)28-20(30)18-4-3-13-26-21(18)34(31,32)22(23,24)25/h3-13H,2H2,1H3,(H,27,29)(H,28,30). The van der Waals surface area contributed by atoms with Crippen LogP contribution in [0.25, 0.3) is 0 Å². The van der Waals surface area contributed by atoms with Gasteiger partial charge < -0.3 is 15.4 Å². The Kier molecular flexibility index (Phi) is 7.20. The van der Waals surface area contributed by atoms with Gasteiger partial charge in [-0.1, -0.05) is 0 Å². The van der Waals surface area contributed by atoms with E-state index in [9.17, 15) is 31.2 Å². The average molecular weight is 493 g/mol. The van der Waals surface area contributed by atoms with Crippen molar-refractivity contribution in [3.8, 4) is 5.75 Å². The largest absolute Gasteiger partial charge is 0.503 e. The molecule has 2 amide bonds. The highest BCUT2D eigenvalue weighted by Crippen LogP contribution is 2.31. The van der Waals surface area contributed by atoms with Crippen LogP contribution in [-0.2, 0) is 9.84 Å². The SMILES string of the molecule is CCOc1ccc(NC(=O)c2ccc(NC(=O)c3cccnc3S(=O)(=O)C(F)(F)F)cc2)cc1. The number of sulfone groups is 1. The number of amides is 2. The smallest absolute Gasteiger partial charge is 0.494 e. The molecule has 0 bridgehead atoms. The zero-order valence-electron chi connectivity index (χ0n) is 17.6. The van der Waals surface area contributed by atoms with E-state index in [1.807, 2.05) is 6.92 Å². The number of ether oxygens (including phenoxy) is 1. The van der Waals surface area contributed by atoms with Crippen molar-refractivity contribution in [1.82, 2.24) is 4.98 Å². The van der Waals surface area contributed by atoms with Crippen LogP contribution in [0.1, 0.15) is 27.6 Å². The summed E-state index contributed by atoms with van der Waals surface area (Å²) in [6, 6.07) is 14.2. The molecule has 0 radical (unpaired) electrons. The van der Waals surface area contributed by atoms with E-state index in [-0.39, 0.29) is 11.3 Å². The Morgan fingerprint density at radius 1 is 0.912 bits per heavy atom. The van der Waals surface area contributed by atoms with Gasteiger partial charge in [-0.05, 0) is 67.6 Å². The molecule has 3 aromatic rings. The van der Waals surface area contributed by atoms with Crippen molar-refractivity contribution in [3.05, 3.63) is 78.0 Å². The first-order chi connectivity index (χ1) is 16.0. The van der Waals surface area contributed by atoms with Crippen LogP contribution in [0.4, 0.5) is 24.5 Å². The molecular weight excluding hydrogens is 475 g/mol. The van der Waals surface area contributed by atoms with Crippen molar-refractivity contribution in [2.24, 2.45) is 0 Å². The molecule has 3 rings (SSSR count). The normalized spacial score (nSPS) is 11.5. The minimum atomic E-state index is -5.83. The number of hydrogen-bond donors (Lipinski definition) is 2. The number of aromatic nitrogens is 1. The van der Waals surface area contributed by atoms with Crippen molar-refractivity contribution in [1.29, 1.82) is 0 Å². The fourth-order valence-electron chi connectivity index (χ4n) is 2.80. The van der Waals surface area contributed by atoms with Gasteiger partial charge in [0, 0.05) is 23.1 Å². The summed E-state index contributed by atoms with van der Waals surface area (Å²) in [5.41, 5.74) is -5.48. The molecule has 0 spiro atoms. The first-order valence-corrected chi connectivity index (χ1v) is 11.2. The van der Waals surface area contributed by atoms with Crippen molar-refractivity contribution in [2.45, 2.75) is 17.5 Å². The summed E-state index contributed by atoms with van der Waals surface area (Å²) in [7, 11) is -5.83. The minimum absolute atomic E-state index is 0.127. The topological polar surface area (TPSA) is 114 Å². The third-order valence-electron chi connectivity index (χ3n) is 4.40. The Balaban J connectivity index is 1.72. The van der Waals surface area contributed by atoms with Crippen LogP contribution < -0.4 is 15.4 Å². The molecule has 0 aliphatic heterocycles. The summed E-state index contributed by atoms with van der Waals surface area (Å²) in [5, 5.41) is 3.59. The molecule has 8 nitrogen and oxygen atoms in total. The summed E-state index contributed by atoms with van der Waals surface area (Å²) in [6.07, 6.45) is 0.840. The second-order valence-corrected chi connectivity index (χ2v) is 8.60. The van der Waals surface area contributed by atoms with E-state index < -0.39 is 37.7 Å². The molecule has 0 aliphatic carbocycles. The van der Waals surface area contributed by atoms with Gasteiger partial charge in [-0.2, -0.15) is 13.2 Å². The summed E-state index contributed by atoms with van der Waals surface area (Å²) in [6.45, 7) is 2.36. The third-order valence-corrected chi connectivity index (χ3v) is 5.85. The van der Waals surface area contributed by atoms with Crippen LogP contribution in [0.2, 0.25) is 0 Å². The van der Waals surface area contributed by atoms with E-state index in [0.717, 1.165) is 18.3 Å². The van der Waals surface area contributed by atoms with E-state index in [1.54, 1.807) is 24.3 Å². The number of benzene rings is 2. The van der Waals surface area contributed by atoms with Crippen LogP contribution in [-0.4, -0.2) is 37.3 Å². The number of pyridine rings is 1. The van der Waals surface area contributed by atoms with Crippen LogP contribution in [0.15, 0.2) is 71.9 Å². The van der Waals surface area contributed by atoms with Crippen LogP contribution in [0.3, 0.4) is 0 Å². The van der Waals surface area contributed by atoms with Crippen LogP contribution in [0.5, 0.6) is 5.75 Å². The number of carbonyl (C=O) groups excluding carboxylic acids is 2. The monoisotopic (exact) mass is 493 g/mol. The van der Waals surface area contributed by atoms with Gasteiger partial charge in [0.05, 0.1) is 12.2 Å². The number of carbonyl (C=O) groups is 2. The van der Waals surface area contributed by atoms with Crippen molar-refractivity contribution >= 4 is 33.0 Å². The summed E-state index contributed by atoms with van der Waals surface area (Å²) >= 11 is 0. The first kappa shape index (κ1) is 24.7. The Bertz CT molecular complexity index is 1290. The predicted octanol–water partition coefficient (Wildman–Crippen LogP) is 4.28. The predicted molar refractivity (Wildman–Crippen MR) is 117 cm³/mol. The number of halogens is 3. The molecule has 0 atom stereocenters. The van der Waals surface area contributed by atoms with Gasteiger partial charge in [0.1, 0.15) is 5.75 Å². The van der Waals surface area contributed by atoms with Crippen molar-refractivity contribution in [2.75, 3.05) is 17.2 Å². The first-order valence-electron chi connectivity index (χ1n) is 9.75. The number of nitrogens with one attached hydrogen (secondary N) is 2. The van der Waals surface area contributed by atoms with Gasteiger partial charge in [-0.15, -0.1) is 0 Å². The van der Waals surface area contributed by atoms with E-state index in [4.69, 9.17) is 4.74 Å². The summed E-state index contributed by atoms with van der Waals surface area (Å²) in [4.78, 5) is 28.1. The molecule has 0 saturated heterocycles. The lowest BCUT2D eigenvalue weighted by Gasteiger charge is -2.12. The highest BCUT2D eigenvalue weighted by Gasteiger charge is 2.49. The molecule has 0 aliphatic rings. The van der Waals surface area contributed by atoms with Crippen LogP contribution in [0, 0.1) is 0 Å². The quantitative estimate of drug-likeness (QED) is 0.508. The van der Waals surface area contributed by atoms with E-state index in [2.05, 4.69) is 15.6 Å². The lowest BCUT2D eigenvalue weighted by Crippen LogP contribution is -2.27. The zero-order chi connectivity index (χ0) is 24.9. The van der Waals surface area contributed by atoms with E-state index in [0.29, 0.717) is 18.0 Å². The molecule has 178 valence electrons. The molecule has 2 aromatic carbocycles. The lowest BCUT2D eigenvalue weighted by atomic mass is 10.1. The highest BCUT2D eigenvalue weighted by atomic mass is 32.2. The Labute approximate surface area is 192 Å². The Morgan fingerprint density at radius 2 is 1.47 bits per heavy atom. The van der Waals surface area contributed by atoms with Crippen molar-refractivity contribution < 1.29 is 35.9 Å². The molecule has 12 heteroatoms. The van der Waals surface area contributed by atoms with Gasteiger partial charge >= 0.3 is 5.51 Å². The van der Waals surface area contributed by atoms with Crippen molar-refractivity contribution in [3.63, 3.8) is 0 Å².